The van der Waals surface area contributed by atoms with Gasteiger partial charge in [0.1, 0.15) is 13.2 Å². The summed E-state index contributed by atoms with van der Waals surface area (Å²) in [4.78, 5) is 38.3. The zero-order valence-corrected chi connectivity index (χ0v) is 49.6. The number of hydrogen-bond donors (Lipinski definition) is 0. The van der Waals surface area contributed by atoms with E-state index in [2.05, 4.69) is 106 Å². The van der Waals surface area contributed by atoms with Crippen molar-refractivity contribution in [3.63, 3.8) is 0 Å². The predicted octanol–water partition coefficient (Wildman–Crippen LogP) is 21.9. The molecule has 0 rings (SSSR count). The number of hydrogen-bond acceptors (Lipinski definition) is 6. The maximum atomic E-state index is 12.9. The first-order chi connectivity index (χ1) is 37.0. The fraction of sp³-hybridized carbons (Fsp3) is 0.754. The van der Waals surface area contributed by atoms with Crippen LogP contribution < -0.4 is 0 Å². The number of unbranched alkanes of at least 4 members (excludes halogenated alkanes) is 33. The average Bonchev–Trinajstić information content (AvgIpc) is 3.41. The Morgan fingerprint density at radius 2 is 0.520 bits per heavy atom. The Kier molecular flexibility index (Phi) is 60.3. The van der Waals surface area contributed by atoms with E-state index in [0.29, 0.717) is 19.3 Å². The van der Waals surface area contributed by atoms with Crippen molar-refractivity contribution in [2.24, 2.45) is 0 Å². The molecule has 1 atom stereocenters. The molecule has 6 heteroatoms. The van der Waals surface area contributed by atoms with E-state index in [1.807, 2.05) is 0 Å². The zero-order valence-electron chi connectivity index (χ0n) is 49.6. The van der Waals surface area contributed by atoms with Gasteiger partial charge in [-0.3, -0.25) is 14.4 Å². The zero-order chi connectivity index (χ0) is 54.3. The van der Waals surface area contributed by atoms with Gasteiger partial charge >= 0.3 is 17.9 Å². The standard InChI is InChI=1S/C69H120O6/c1-4-7-10-13-16-19-22-25-27-29-31-33-34-36-37-39-41-44-47-50-53-56-59-62-68(71)74-65-66(64-73-67(70)61-58-55-52-49-46-43-24-21-18-15-12-9-6-3)75-69(72)63-60-57-54-51-48-45-42-40-38-35-32-30-28-26-23-20-17-14-11-8-5-2/h8,11,17,20,26,28-29,31-32,35,40,42,48,51,66H,4-7,9-10,12-16,18-19,21-25,27,30,33-34,36-39,41,43-47,49-50,52-65H2,1-3H3/b11-8-,20-17-,28-26-,31-29-,35-32-,42-40-,51-48-. The fourth-order valence-electron chi connectivity index (χ4n) is 9.09. The minimum atomic E-state index is -0.799. The van der Waals surface area contributed by atoms with Crippen LogP contribution in [-0.4, -0.2) is 37.2 Å². The Morgan fingerprint density at radius 3 is 0.853 bits per heavy atom. The molecule has 0 radical (unpaired) electrons. The summed E-state index contributed by atoms with van der Waals surface area (Å²) in [6.45, 7) is 6.52. The van der Waals surface area contributed by atoms with Crippen LogP contribution in [0.5, 0.6) is 0 Å². The molecule has 0 bridgehead atoms. The smallest absolute Gasteiger partial charge is 0.306 e. The predicted molar refractivity (Wildman–Crippen MR) is 325 cm³/mol. The molecule has 0 aliphatic carbocycles. The molecule has 75 heavy (non-hydrogen) atoms. The van der Waals surface area contributed by atoms with Crippen molar-refractivity contribution in [3.8, 4) is 0 Å². The SMILES string of the molecule is CC/C=C\C/C=C\C/C=C\C/C=C\C/C=C\C/C=C\CCCCC(=O)OC(COC(=O)CCCCCCCCCCCCC/C=C\CCCCCCCCCC)COC(=O)CCCCCCCCCCCCCCC. The summed E-state index contributed by atoms with van der Waals surface area (Å²) in [7, 11) is 0. The molecule has 0 fully saturated rings. The molecule has 6 nitrogen and oxygen atoms in total. The molecule has 0 heterocycles. The van der Waals surface area contributed by atoms with Crippen LogP contribution >= 0.6 is 0 Å². The third kappa shape index (κ3) is 61.3. The molecule has 0 saturated carbocycles. The van der Waals surface area contributed by atoms with Gasteiger partial charge in [0.2, 0.25) is 0 Å². The van der Waals surface area contributed by atoms with E-state index in [1.54, 1.807) is 0 Å². The summed E-state index contributed by atoms with van der Waals surface area (Å²) in [5, 5.41) is 0. The van der Waals surface area contributed by atoms with E-state index in [9.17, 15) is 14.4 Å². The molecule has 432 valence electrons. The molecule has 0 aromatic carbocycles. The molecular formula is C69H120O6. The fourth-order valence-corrected chi connectivity index (χ4v) is 9.09. The topological polar surface area (TPSA) is 78.9 Å². The molecule has 0 aliphatic rings. The summed E-state index contributed by atoms with van der Waals surface area (Å²) in [6.07, 6.45) is 83.1. The van der Waals surface area contributed by atoms with Crippen LogP contribution in [0.1, 0.15) is 316 Å². The lowest BCUT2D eigenvalue weighted by atomic mass is 10.0. The highest BCUT2D eigenvalue weighted by Crippen LogP contribution is 2.16. The molecule has 0 spiro atoms. The summed E-state index contributed by atoms with van der Waals surface area (Å²) in [5.74, 6) is -0.923. The molecule has 0 amide bonds. The van der Waals surface area contributed by atoms with Gasteiger partial charge in [0.15, 0.2) is 6.10 Å². The van der Waals surface area contributed by atoms with Gasteiger partial charge in [0, 0.05) is 19.3 Å². The van der Waals surface area contributed by atoms with E-state index in [-0.39, 0.29) is 37.5 Å². The van der Waals surface area contributed by atoms with Gasteiger partial charge < -0.3 is 14.2 Å². The first kappa shape index (κ1) is 71.6. The van der Waals surface area contributed by atoms with E-state index in [0.717, 1.165) is 89.9 Å². The summed E-state index contributed by atoms with van der Waals surface area (Å²) in [5.41, 5.74) is 0. The molecule has 0 aliphatic heterocycles. The highest BCUT2D eigenvalue weighted by atomic mass is 16.6. The van der Waals surface area contributed by atoms with Gasteiger partial charge in [-0.1, -0.05) is 286 Å². The Bertz CT molecular complexity index is 1430. The lowest BCUT2D eigenvalue weighted by Crippen LogP contribution is -2.30. The van der Waals surface area contributed by atoms with Crippen LogP contribution in [0, 0.1) is 0 Å². The van der Waals surface area contributed by atoms with Gasteiger partial charge in [-0.25, -0.2) is 0 Å². The second kappa shape index (κ2) is 63.1. The number of carbonyl (C=O) groups is 3. The summed E-state index contributed by atoms with van der Waals surface area (Å²) >= 11 is 0. The van der Waals surface area contributed by atoms with E-state index in [4.69, 9.17) is 14.2 Å². The monoisotopic (exact) mass is 1040 g/mol. The molecule has 1 unspecified atom stereocenters. The van der Waals surface area contributed by atoms with Crippen LogP contribution in [0.4, 0.5) is 0 Å². The Balaban J connectivity index is 4.39. The maximum absolute atomic E-state index is 12.9. The minimum absolute atomic E-state index is 0.0916. The van der Waals surface area contributed by atoms with Crippen molar-refractivity contribution >= 4 is 17.9 Å². The highest BCUT2D eigenvalue weighted by molar-refractivity contribution is 5.71. The summed E-state index contributed by atoms with van der Waals surface area (Å²) < 4.78 is 16.9. The van der Waals surface area contributed by atoms with Crippen LogP contribution in [0.2, 0.25) is 0 Å². The number of ether oxygens (including phenoxy) is 3. The van der Waals surface area contributed by atoms with E-state index in [1.165, 1.54) is 180 Å². The van der Waals surface area contributed by atoms with Crippen molar-refractivity contribution in [2.45, 2.75) is 322 Å². The summed E-state index contributed by atoms with van der Waals surface area (Å²) in [6, 6.07) is 0. The lowest BCUT2D eigenvalue weighted by Gasteiger charge is -2.18. The van der Waals surface area contributed by atoms with Gasteiger partial charge in [-0.05, 0) is 96.3 Å². The molecule has 0 aromatic heterocycles. The molecular weight excluding hydrogens is 925 g/mol. The van der Waals surface area contributed by atoms with Crippen LogP contribution in [0.3, 0.4) is 0 Å². The van der Waals surface area contributed by atoms with E-state index < -0.39 is 6.10 Å². The highest BCUT2D eigenvalue weighted by Gasteiger charge is 2.19. The molecule has 0 aromatic rings. The molecule has 0 N–H and O–H groups in total. The Morgan fingerprint density at radius 1 is 0.280 bits per heavy atom. The van der Waals surface area contributed by atoms with E-state index >= 15 is 0 Å². The third-order valence-corrected chi connectivity index (χ3v) is 13.9. The van der Waals surface area contributed by atoms with Crippen LogP contribution in [-0.2, 0) is 28.6 Å². The normalized spacial score (nSPS) is 12.6. The van der Waals surface area contributed by atoms with Crippen molar-refractivity contribution < 1.29 is 28.6 Å². The van der Waals surface area contributed by atoms with Crippen molar-refractivity contribution in [2.75, 3.05) is 13.2 Å². The quantitative estimate of drug-likeness (QED) is 0.0261. The lowest BCUT2D eigenvalue weighted by molar-refractivity contribution is -0.167. The van der Waals surface area contributed by atoms with Gasteiger partial charge in [-0.2, -0.15) is 0 Å². The number of rotatable bonds is 58. The molecule has 0 saturated heterocycles. The maximum Gasteiger partial charge on any atom is 0.306 e. The third-order valence-electron chi connectivity index (χ3n) is 13.9. The number of allylic oxidation sites excluding steroid dienone is 14. The Labute approximate surface area is 465 Å². The minimum Gasteiger partial charge on any atom is -0.462 e. The van der Waals surface area contributed by atoms with Crippen LogP contribution in [0.15, 0.2) is 85.1 Å². The Hall–Kier alpha value is -3.41. The van der Waals surface area contributed by atoms with Crippen molar-refractivity contribution in [1.82, 2.24) is 0 Å². The van der Waals surface area contributed by atoms with Crippen molar-refractivity contribution in [1.29, 1.82) is 0 Å². The first-order valence-electron chi connectivity index (χ1n) is 32.1. The number of esters is 3. The second-order valence-electron chi connectivity index (χ2n) is 21.3. The largest absolute Gasteiger partial charge is 0.462 e. The van der Waals surface area contributed by atoms with Gasteiger partial charge in [0.25, 0.3) is 0 Å². The number of carbonyl (C=O) groups excluding carboxylic acids is 3. The second-order valence-corrected chi connectivity index (χ2v) is 21.3. The van der Waals surface area contributed by atoms with Gasteiger partial charge in [-0.15, -0.1) is 0 Å². The van der Waals surface area contributed by atoms with Gasteiger partial charge in [0.05, 0.1) is 0 Å². The first-order valence-corrected chi connectivity index (χ1v) is 32.1. The van der Waals surface area contributed by atoms with Crippen LogP contribution in [0.25, 0.3) is 0 Å². The average molecular weight is 1050 g/mol. The van der Waals surface area contributed by atoms with Crippen molar-refractivity contribution in [3.05, 3.63) is 85.1 Å².